The van der Waals surface area contributed by atoms with Gasteiger partial charge in [-0.1, -0.05) is 24.3 Å². The van der Waals surface area contributed by atoms with Crippen LogP contribution in [0.4, 0.5) is 0 Å². The Kier molecular flexibility index (Phi) is 6.68. The van der Waals surface area contributed by atoms with Crippen LogP contribution in [0, 0.1) is 11.3 Å². The molecule has 3 atom stereocenters. The summed E-state index contributed by atoms with van der Waals surface area (Å²) in [4.78, 5) is 49.3. The van der Waals surface area contributed by atoms with Crippen molar-refractivity contribution in [2.75, 3.05) is 6.79 Å². The molecule has 9 heteroatoms. The monoisotopic (exact) mass is 444 g/mol. The van der Waals surface area contributed by atoms with Gasteiger partial charge in [0.1, 0.15) is 5.70 Å². The van der Waals surface area contributed by atoms with Gasteiger partial charge in [-0.25, -0.2) is 4.79 Å². The van der Waals surface area contributed by atoms with E-state index in [0.717, 1.165) is 11.1 Å². The summed E-state index contributed by atoms with van der Waals surface area (Å²) in [5.74, 6) is -2.22. The molecule has 2 aliphatic rings. The first-order chi connectivity index (χ1) is 15.1. The lowest BCUT2D eigenvalue weighted by molar-refractivity contribution is -0.175. The Bertz CT molecular complexity index is 944. The predicted octanol–water partition coefficient (Wildman–Crippen LogP) is 1.35. The number of hydrogen-bond acceptors (Lipinski definition) is 7. The Morgan fingerprint density at radius 3 is 2.47 bits per heavy atom. The zero-order valence-corrected chi connectivity index (χ0v) is 18.6. The number of aliphatic hydroxyl groups excluding tert-OH is 1. The zero-order valence-electron chi connectivity index (χ0n) is 18.6. The number of esters is 2. The van der Waals surface area contributed by atoms with E-state index in [1.807, 2.05) is 12.1 Å². The molecule has 0 unspecified atom stereocenters. The van der Waals surface area contributed by atoms with Gasteiger partial charge in [-0.3, -0.25) is 14.4 Å². The van der Waals surface area contributed by atoms with E-state index in [2.05, 4.69) is 5.32 Å². The lowest BCUT2D eigenvalue weighted by Gasteiger charge is -2.44. The van der Waals surface area contributed by atoms with Gasteiger partial charge in [0.05, 0.1) is 23.5 Å². The van der Waals surface area contributed by atoms with Crippen LogP contribution in [0.2, 0.25) is 0 Å². The van der Waals surface area contributed by atoms with Crippen molar-refractivity contribution in [1.82, 2.24) is 10.2 Å². The van der Waals surface area contributed by atoms with Crippen molar-refractivity contribution < 1.29 is 33.8 Å². The van der Waals surface area contributed by atoms with Gasteiger partial charge < -0.3 is 24.8 Å². The van der Waals surface area contributed by atoms with E-state index in [4.69, 9.17) is 9.47 Å². The molecule has 2 N–H and O–H groups in total. The number of nitrogens with zero attached hydrogens (tertiary/aromatic N) is 1. The highest BCUT2D eigenvalue weighted by Crippen LogP contribution is 2.47. The summed E-state index contributed by atoms with van der Waals surface area (Å²) in [6.07, 6.45) is 0.158. The van der Waals surface area contributed by atoms with Gasteiger partial charge in [-0.2, -0.15) is 0 Å². The van der Waals surface area contributed by atoms with Gasteiger partial charge in [-0.15, -0.1) is 0 Å². The topological polar surface area (TPSA) is 122 Å². The summed E-state index contributed by atoms with van der Waals surface area (Å²) >= 11 is 0. The number of rotatable bonds is 8. The molecule has 1 fully saturated rings. The van der Waals surface area contributed by atoms with Crippen molar-refractivity contribution in [3.63, 3.8) is 0 Å². The van der Waals surface area contributed by atoms with Crippen LogP contribution in [0.5, 0.6) is 0 Å². The molecule has 9 nitrogen and oxygen atoms in total. The second-order valence-corrected chi connectivity index (χ2v) is 9.00. The maximum atomic E-state index is 12.9. The van der Waals surface area contributed by atoms with Crippen LogP contribution in [0.1, 0.15) is 45.2 Å². The summed E-state index contributed by atoms with van der Waals surface area (Å²) in [6.45, 7) is 6.41. The van der Waals surface area contributed by atoms with Crippen molar-refractivity contribution in [3.8, 4) is 0 Å². The lowest BCUT2D eigenvalue weighted by Crippen LogP contribution is -2.61. The van der Waals surface area contributed by atoms with E-state index in [-0.39, 0.29) is 17.6 Å². The number of amides is 2. The van der Waals surface area contributed by atoms with E-state index in [1.54, 1.807) is 39.8 Å². The normalized spacial score (nSPS) is 20.9. The van der Waals surface area contributed by atoms with Crippen LogP contribution < -0.4 is 5.32 Å². The average Bonchev–Trinajstić information content (AvgIpc) is 3.06. The Morgan fingerprint density at radius 1 is 1.25 bits per heavy atom. The van der Waals surface area contributed by atoms with Crippen LogP contribution in [0.15, 0.2) is 30.0 Å². The van der Waals surface area contributed by atoms with Gasteiger partial charge in [0.15, 0.2) is 0 Å². The molecule has 0 spiro atoms. The molecule has 2 amide bonds. The third-order valence-electron chi connectivity index (χ3n) is 5.61. The van der Waals surface area contributed by atoms with Crippen molar-refractivity contribution in [1.29, 1.82) is 0 Å². The van der Waals surface area contributed by atoms with Gasteiger partial charge in [-0.05, 0) is 50.8 Å². The van der Waals surface area contributed by atoms with Crippen molar-refractivity contribution >= 4 is 29.8 Å². The molecule has 3 rings (SSSR count). The summed E-state index contributed by atoms with van der Waals surface area (Å²) in [7, 11) is 0. The molecular formula is C23H28N2O7. The molecule has 32 heavy (non-hydrogen) atoms. The van der Waals surface area contributed by atoms with Gasteiger partial charge in [0, 0.05) is 6.54 Å². The molecule has 0 aromatic heterocycles. The minimum Gasteiger partial charge on any atom is -0.427 e. The fraction of sp³-hybridized carbons (Fsp3) is 0.478. The number of aliphatic hydroxyl groups is 1. The van der Waals surface area contributed by atoms with Crippen molar-refractivity contribution in [3.05, 3.63) is 41.1 Å². The standard InChI is InChI=1S/C23H28N2O7/c1-13(27)18-17-9-16(15-7-5-14(6-8-15)10-24-11-26)19(25(17)20(18)28)21(29)31-12-32-22(30)23(2,3)4/h5-8,11,13,17-18,27H,9-10,12H2,1-4H3,(H,24,26)/t13-,17-,18-/m1/s1. The minimum atomic E-state index is -0.843. The van der Waals surface area contributed by atoms with Crippen molar-refractivity contribution in [2.24, 2.45) is 11.3 Å². The summed E-state index contributed by atoms with van der Waals surface area (Å²) in [5, 5.41) is 12.6. The molecule has 2 aliphatic heterocycles. The summed E-state index contributed by atoms with van der Waals surface area (Å²) in [5.41, 5.74) is 1.58. The molecule has 2 heterocycles. The average molecular weight is 444 g/mol. The van der Waals surface area contributed by atoms with Crippen molar-refractivity contribution in [2.45, 2.75) is 52.8 Å². The third kappa shape index (κ3) is 4.52. The Labute approximate surface area is 186 Å². The number of benzene rings is 1. The number of fused-ring (bicyclic) bond motifs is 1. The van der Waals surface area contributed by atoms with Gasteiger partial charge >= 0.3 is 11.9 Å². The van der Waals surface area contributed by atoms with Gasteiger partial charge in [0.25, 0.3) is 0 Å². The Balaban J connectivity index is 1.83. The lowest BCUT2D eigenvalue weighted by atomic mass is 9.82. The Hall–Kier alpha value is -3.20. The van der Waals surface area contributed by atoms with Crippen LogP contribution in [-0.4, -0.2) is 53.2 Å². The zero-order chi connectivity index (χ0) is 23.6. The highest BCUT2D eigenvalue weighted by atomic mass is 16.7. The van der Waals surface area contributed by atoms with Crippen LogP contribution in [0.3, 0.4) is 0 Å². The van der Waals surface area contributed by atoms with E-state index >= 15 is 0 Å². The predicted molar refractivity (Wildman–Crippen MR) is 113 cm³/mol. The molecule has 1 saturated heterocycles. The van der Waals surface area contributed by atoms with E-state index < -0.39 is 36.2 Å². The highest BCUT2D eigenvalue weighted by Gasteiger charge is 2.57. The number of carbonyl (C=O) groups excluding carboxylic acids is 4. The molecule has 1 aromatic carbocycles. The minimum absolute atomic E-state index is 0.0995. The summed E-state index contributed by atoms with van der Waals surface area (Å²) in [6, 6.07) is 6.90. The Morgan fingerprint density at radius 2 is 1.91 bits per heavy atom. The van der Waals surface area contributed by atoms with Crippen LogP contribution in [-0.2, 0) is 35.2 Å². The van der Waals surface area contributed by atoms with E-state index in [9.17, 15) is 24.3 Å². The molecule has 0 saturated carbocycles. The number of carbonyl (C=O) groups is 4. The SMILES string of the molecule is C[C@@H](O)[C@H]1C(=O)N2C(C(=O)OCOC(=O)C(C)(C)C)=C(c3ccc(CNC=O)cc3)C[C@H]12. The summed E-state index contributed by atoms with van der Waals surface area (Å²) < 4.78 is 10.2. The molecule has 0 bridgehead atoms. The third-order valence-corrected chi connectivity index (χ3v) is 5.61. The van der Waals surface area contributed by atoms with Gasteiger partial charge in [0.2, 0.25) is 19.1 Å². The number of ether oxygens (including phenoxy) is 2. The number of nitrogens with one attached hydrogen (secondary N) is 1. The molecule has 172 valence electrons. The van der Waals surface area contributed by atoms with Crippen LogP contribution >= 0.6 is 0 Å². The molecule has 1 aromatic rings. The maximum Gasteiger partial charge on any atom is 0.358 e. The maximum absolute atomic E-state index is 12.9. The second kappa shape index (κ2) is 9.12. The first kappa shape index (κ1) is 23.5. The quantitative estimate of drug-likeness (QED) is 0.269. The fourth-order valence-electron chi connectivity index (χ4n) is 3.92. The van der Waals surface area contributed by atoms with E-state index in [1.165, 1.54) is 4.90 Å². The largest absolute Gasteiger partial charge is 0.427 e. The number of β-lactam (4-membered cyclic amide) rings is 1. The smallest absolute Gasteiger partial charge is 0.358 e. The number of hydrogen-bond donors (Lipinski definition) is 2. The second-order valence-electron chi connectivity index (χ2n) is 9.00. The van der Waals surface area contributed by atoms with E-state index in [0.29, 0.717) is 24.9 Å². The molecule has 0 radical (unpaired) electrons. The fourth-order valence-corrected chi connectivity index (χ4v) is 3.92. The first-order valence-corrected chi connectivity index (χ1v) is 10.4. The first-order valence-electron chi connectivity index (χ1n) is 10.4. The van der Waals surface area contributed by atoms with Crippen LogP contribution in [0.25, 0.3) is 5.57 Å². The molecular weight excluding hydrogens is 416 g/mol. The molecule has 0 aliphatic carbocycles. The highest BCUT2D eigenvalue weighted by molar-refractivity contribution is 6.06.